The number of likely N-dealkylation sites (N-methyl/N-ethyl adjacent to an activating group) is 1. The summed E-state index contributed by atoms with van der Waals surface area (Å²) in [6.07, 6.45) is 0. The van der Waals surface area contributed by atoms with Gasteiger partial charge in [-0.3, -0.25) is 0 Å². The van der Waals surface area contributed by atoms with Crippen molar-refractivity contribution in [3.63, 3.8) is 0 Å². The molecule has 17 heavy (non-hydrogen) atoms. The number of nitrogens with one attached hydrogen (secondary N) is 1. The average molecular weight is 235 g/mol. The van der Waals surface area contributed by atoms with Crippen LogP contribution in [0.5, 0.6) is 5.75 Å². The van der Waals surface area contributed by atoms with Crippen LogP contribution in [0.1, 0.15) is 16.7 Å². The summed E-state index contributed by atoms with van der Waals surface area (Å²) >= 11 is 0. The van der Waals surface area contributed by atoms with Crippen molar-refractivity contribution >= 4 is 0 Å². The Balaban J connectivity index is 2.39. The Morgan fingerprint density at radius 1 is 1.29 bits per heavy atom. The molecule has 1 saturated heterocycles. The summed E-state index contributed by atoms with van der Waals surface area (Å²) in [4.78, 5) is 0. The molecule has 94 valence electrons. The monoisotopic (exact) mass is 235 g/mol. The van der Waals surface area contributed by atoms with Gasteiger partial charge in [0.1, 0.15) is 5.75 Å². The van der Waals surface area contributed by atoms with Gasteiger partial charge in [0.25, 0.3) is 0 Å². The molecule has 3 nitrogen and oxygen atoms in total. The molecule has 1 aliphatic rings. The second-order valence-corrected chi connectivity index (χ2v) is 4.95. The summed E-state index contributed by atoms with van der Waals surface area (Å²) in [6, 6.07) is 4.46. The van der Waals surface area contributed by atoms with E-state index in [1.807, 2.05) is 7.05 Å². The third-order valence-electron chi connectivity index (χ3n) is 3.55. The molecule has 1 N–H and O–H groups in total. The predicted molar refractivity (Wildman–Crippen MR) is 68.9 cm³/mol. The van der Waals surface area contributed by atoms with E-state index in [0.29, 0.717) is 0 Å². The Morgan fingerprint density at radius 3 is 2.24 bits per heavy atom. The normalized spacial score (nSPS) is 17.6. The van der Waals surface area contributed by atoms with Gasteiger partial charge in [-0.25, -0.2) is 0 Å². The fourth-order valence-corrected chi connectivity index (χ4v) is 2.64. The van der Waals surface area contributed by atoms with E-state index >= 15 is 0 Å². The van der Waals surface area contributed by atoms with Crippen LogP contribution in [0.25, 0.3) is 0 Å². The van der Waals surface area contributed by atoms with Gasteiger partial charge in [-0.05, 0) is 37.6 Å². The van der Waals surface area contributed by atoms with Crippen molar-refractivity contribution < 1.29 is 9.47 Å². The molecular formula is C14H21NO2. The molecule has 0 aromatic heterocycles. The van der Waals surface area contributed by atoms with Crippen LogP contribution in [0.4, 0.5) is 0 Å². The molecule has 1 aliphatic heterocycles. The van der Waals surface area contributed by atoms with Crippen LogP contribution in [0.2, 0.25) is 0 Å². The van der Waals surface area contributed by atoms with Crippen molar-refractivity contribution in [2.75, 3.05) is 33.9 Å². The number of hydrogen-bond donors (Lipinski definition) is 1. The summed E-state index contributed by atoms with van der Waals surface area (Å²) < 4.78 is 10.8. The third-order valence-corrected chi connectivity index (χ3v) is 3.55. The number of aryl methyl sites for hydroxylation is 2. The number of methoxy groups -OCH3 is 1. The number of benzene rings is 1. The lowest BCUT2D eigenvalue weighted by atomic mass is 9.77. The molecule has 2 rings (SSSR count). The number of rotatable bonds is 4. The van der Waals surface area contributed by atoms with Crippen LogP contribution in [-0.2, 0) is 10.2 Å². The van der Waals surface area contributed by atoms with Gasteiger partial charge in [-0.15, -0.1) is 0 Å². The van der Waals surface area contributed by atoms with Gasteiger partial charge >= 0.3 is 0 Å². The van der Waals surface area contributed by atoms with E-state index in [1.54, 1.807) is 7.11 Å². The molecule has 0 bridgehead atoms. The molecule has 3 heteroatoms. The minimum atomic E-state index is 0.149. The molecule has 0 amide bonds. The van der Waals surface area contributed by atoms with Gasteiger partial charge in [0.05, 0.1) is 25.7 Å². The molecule has 1 heterocycles. The molecule has 0 spiro atoms. The Morgan fingerprint density at radius 2 is 1.88 bits per heavy atom. The van der Waals surface area contributed by atoms with Crippen molar-refractivity contribution in [2.45, 2.75) is 19.3 Å². The van der Waals surface area contributed by atoms with Gasteiger partial charge in [0, 0.05) is 6.54 Å². The summed E-state index contributed by atoms with van der Waals surface area (Å²) in [5.74, 6) is 0.994. The second kappa shape index (κ2) is 4.67. The van der Waals surface area contributed by atoms with Crippen molar-refractivity contribution in [3.05, 3.63) is 28.8 Å². The minimum absolute atomic E-state index is 0.149. The quantitative estimate of drug-likeness (QED) is 0.863. The van der Waals surface area contributed by atoms with Gasteiger partial charge in [0.2, 0.25) is 0 Å². The molecule has 0 atom stereocenters. The lowest BCUT2D eigenvalue weighted by Gasteiger charge is -2.42. The van der Waals surface area contributed by atoms with Crippen LogP contribution in [0.15, 0.2) is 12.1 Å². The highest BCUT2D eigenvalue weighted by atomic mass is 16.5. The highest BCUT2D eigenvalue weighted by Gasteiger charge is 2.40. The molecule has 0 unspecified atom stereocenters. The molecule has 1 aromatic rings. The summed E-state index contributed by atoms with van der Waals surface area (Å²) in [5.41, 5.74) is 3.90. The van der Waals surface area contributed by atoms with E-state index in [-0.39, 0.29) is 5.41 Å². The predicted octanol–water partition coefficient (Wildman–Crippen LogP) is 1.80. The third kappa shape index (κ3) is 2.05. The number of ether oxygens (including phenoxy) is 2. The average Bonchev–Trinajstić information content (AvgIpc) is 2.23. The molecule has 1 aromatic carbocycles. The molecular weight excluding hydrogens is 214 g/mol. The van der Waals surface area contributed by atoms with Crippen molar-refractivity contribution in [1.82, 2.24) is 5.32 Å². The van der Waals surface area contributed by atoms with E-state index in [4.69, 9.17) is 9.47 Å². The Labute approximate surface area is 103 Å². The zero-order valence-electron chi connectivity index (χ0n) is 11.1. The maximum Gasteiger partial charge on any atom is 0.124 e. The Bertz CT molecular complexity index is 388. The molecule has 1 fully saturated rings. The van der Waals surface area contributed by atoms with Crippen LogP contribution in [0.3, 0.4) is 0 Å². The summed E-state index contributed by atoms with van der Waals surface area (Å²) in [6.45, 7) is 6.76. The fraction of sp³-hybridized carbons (Fsp3) is 0.571. The van der Waals surface area contributed by atoms with Crippen molar-refractivity contribution in [3.8, 4) is 5.75 Å². The van der Waals surface area contributed by atoms with Crippen molar-refractivity contribution in [1.29, 1.82) is 0 Å². The van der Waals surface area contributed by atoms with E-state index in [1.165, 1.54) is 16.7 Å². The smallest absolute Gasteiger partial charge is 0.124 e. The van der Waals surface area contributed by atoms with Gasteiger partial charge in [-0.1, -0.05) is 12.1 Å². The fourth-order valence-electron chi connectivity index (χ4n) is 2.64. The Hall–Kier alpha value is -1.06. The van der Waals surface area contributed by atoms with E-state index in [2.05, 4.69) is 31.3 Å². The standard InChI is InChI=1S/C14H21NO2/c1-10-5-12(6-11(2)13(10)16-4)14(7-15-3)8-17-9-14/h5-6,15H,7-9H2,1-4H3. The summed E-state index contributed by atoms with van der Waals surface area (Å²) in [7, 11) is 3.72. The van der Waals surface area contributed by atoms with E-state index < -0.39 is 0 Å². The van der Waals surface area contributed by atoms with E-state index in [0.717, 1.165) is 25.5 Å². The van der Waals surface area contributed by atoms with Gasteiger partial charge in [-0.2, -0.15) is 0 Å². The van der Waals surface area contributed by atoms with Crippen LogP contribution in [-0.4, -0.2) is 33.9 Å². The summed E-state index contributed by atoms with van der Waals surface area (Å²) in [5, 5.41) is 3.27. The maximum atomic E-state index is 5.41. The highest BCUT2D eigenvalue weighted by molar-refractivity contribution is 5.46. The largest absolute Gasteiger partial charge is 0.496 e. The first-order valence-electron chi connectivity index (χ1n) is 6.01. The highest BCUT2D eigenvalue weighted by Crippen LogP contribution is 2.35. The van der Waals surface area contributed by atoms with Crippen LogP contribution in [0, 0.1) is 13.8 Å². The van der Waals surface area contributed by atoms with E-state index in [9.17, 15) is 0 Å². The first kappa shape index (κ1) is 12.4. The maximum absolute atomic E-state index is 5.41. The van der Waals surface area contributed by atoms with Crippen LogP contribution < -0.4 is 10.1 Å². The van der Waals surface area contributed by atoms with Gasteiger partial charge in [0.15, 0.2) is 0 Å². The number of hydrogen-bond acceptors (Lipinski definition) is 3. The molecule has 0 saturated carbocycles. The van der Waals surface area contributed by atoms with Crippen molar-refractivity contribution in [2.24, 2.45) is 0 Å². The SMILES string of the molecule is CNCC1(c2cc(C)c(OC)c(C)c2)COC1. The lowest BCUT2D eigenvalue weighted by molar-refractivity contribution is -0.0583. The molecule has 0 radical (unpaired) electrons. The van der Waals surface area contributed by atoms with Gasteiger partial charge < -0.3 is 14.8 Å². The first-order chi connectivity index (χ1) is 8.13. The second-order valence-electron chi connectivity index (χ2n) is 4.95. The topological polar surface area (TPSA) is 30.5 Å². The molecule has 0 aliphatic carbocycles. The minimum Gasteiger partial charge on any atom is -0.496 e. The lowest BCUT2D eigenvalue weighted by Crippen LogP contribution is -2.52. The zero-order chi connectivity index (χ0) is 12.5. The Kier molecular flexibility index (Phi) is 3.40. The van der Waals surface area contributed by atoms with Crippen LogP contribution >= 0.6 is 0 Å². The first-order valence-corrected chi connectivity index (χ1v) is 6.01. The zero-order valence-corrected chi connectivity index (χ0v) is 11.1.